The van der Waals surface area contributed by atoms with E-state index in [9.17, 15) is 9.18 Å². The zero-order chi connectivity index (χ0) is 15.7. The number of hydrogen-bond donors (Lipinski definition) is 0. The Hall–Kier alpha value is -2.21. The van der Waals surface area contributed by atoms with E-state index in [-0.39, 0.29) is 11.2 Å². The summed E-state index contributed by atoms with van der Waals surface area (Å²) in [6.45, 7) is 6.26. The summed E-state index contributed by atoms with van der Waals surface area (Å²) in [4.78, 5) is 18.6. The van der Waals surface area contributed by atoms with E-state index in [1.165, 1.54) is 16.7 Å². The van der Waals surface area contributed by atoms with E-state index in [2.05, 4.69) is 9.88 Å². The SMILES string of the molecule is Cc1cc(=O)n(-c2cc(N3CCOCC3)ccc2F)c(C)n1. The quantitative estimate of drug-likeness (QED) is 0.849. The van der Waals surface area contributed by atoms with Crippen LogP contribution in [0.3, 0.4) is 0 Å². The van der Waals surface area contributed by atoms with Gasteiger partial charge in [-0.25, -0.2) is 9.37 Å². The highest BCUT2D eigenvalue weighted by Gasteiger charge is 2.16. The number of anilines is 1. The van der Waals surface area contributed by atoms with E-state index in [0.717, 1.165) is 18.8 Å². The maximum atomic E-state index is 14.3. The molecule has 2 heterocycles. The van der Waals surface area contributed by atoms with Crippen LogP contribution in [-0.2, 0) is 4.74 Å². The van der Waals surface area contributed by atoms with Crippen molar-refractivity contribution in [2.45, 2.75) is 13.8 Å². The van der Waals surface area contributed by atoms with Crippen molar-refractivity contribution in [3.8, 4) is 5.69 Å². The van der Waals surface area contributed by atoms with Crippen molar-refractivity contribution in [2.75, 3.05) is 31.2 Å². The second-order valence-electron chi connectivity index (χ2n) is 5.35. The van der Waals surface area contributed by atoms with Crippen LogP contribution in [0.5, 0.6) is 0 Å². The fourth-order valence-corrected chi connectivity index (χ4v) is 2.72. The Balaban J connectivity index is 2.09. The second kappa shape index (κ2) is 5.88. The monoisotopic (exact) mass is 303 g/mol. The molecule has 0 atom stereocenters. The third kappa shape index (κ3) is 2.74. The Morgan fingerprint density at radius 2 is 1.91 bits per heavy atom. The van der Waals surface area contributed by atoms with Crippen LogP contribution >= 0.6 is 0 Å². The molecule has 1 aliphatic heterocycles. The molecular weight excluding hydrogens is 285 g/mol. The maximum Gasteiger partial charge on any atom is 0.258 e. The fraction of sp³-hybridized carbons (Fsp3) is 0.375. The van der Waals surface area contributed by atoms with Crippen molar-refractivity contribution in [1.29, 1.82) is 0 Å². The minimum atomic E-state index is -0.437. The number of morpholine rings is 1. The highest BCUT2D eigenvalue weighted by molar-refractivity contribution is 5.54. The van der Waals surface area contributed by atoms with Gasteiger partial charge in [0.15, 0.2) is 0 Å². The van der Waals surface area contributed by atoms with Crippen LogP contribution in [0.2, 0.25) is 0 Å². The highest BCUT2D eigenvalue weighted by Crippen LogP contribution is 2.22. The first-order valence-electron chi connectivity index (χ1n) is 7.26. The molecule has 1 fully saturated rings. The number of aromatic nitrogens is 2. The van der Waals surface area contributed by atoms with Gasteiger partial charge in [0.2, 0.25) is 0 Å². The molecule has 5 nitrogen and oxygen atoms in total. The molecule has 0 bridgehead atoms. The number of halogens is 1. The van der Waals surface area contributed by atoms with Crippen molar-refractivity contribution < 1.29 is 9.13 Å². The van der Waals surface area contributed by atoms with Gasteiger partial charge in [-0.2, -0.15) is 0 Å². The standard InChI is InChI=1S/C16H18FN3O2/c1-11-9-16(21)20(12(2)18-11)15-10-13(3-4-14(15)17)19-5-7-22-8-6-19/h3-4,9-10H,5-8H2,1-2H3. The lowest BCUT2D eigenvalue weighted by Gasteiger charge is -2.29. The van der Waals surface area contributed by atoms with Gasteiger partial charge in [0.1, 0.15) is 11.6 Å². The Morgan fingerprint density at radius 1 is 1.18 bits per heavy atom. The van der Waals surface area contributed by atoms with Crippen LogP contribution in [0.1, 0.15) is 11.5 Å². The van der Waals surface area contributed by atoms with Crippen LogP contribution < -0.4 is 10.5 Å². The third-order valence-electron chi connectivity index (χ3n) is 3.76. The second-order valence-corrected chi connectivity index (χ2v) is 5.35. The van der Waals surface area contributed by atoms with Gasteiger partial charge in [0.25, 0.3) is 5.56 Å². The van der Waals surface area contributed by atoms with Crippen molar-refractivity contribution in [3.05, 3.63) is 52.0 Å². The van der Waals surface area contributed by atoms with Gasteiger partial charge < -0.3 is 9.64 Å². The molecule has 1 aliphatic rings. The minimum absolute atomic E-state index is 0.235. The van der Waals surface area contributed by atoms with Crippen LogP contribution in [0.4, 0.5) is 10.1 Å². The first-order chi connectivity index (χ1) is 10.6. The average molecular weight is 303 g/mol. The zero-order valence-corrected chi connectivity index (χ0v) is 12.7. The Kier molecular flexibility index (Phi) is 3.94. The molecule has 1 aromatic carbocycles. The highest BCUT2D eigenvalue weighted by atomic mass is 19.1. The number of rotatable bonds is 2. The van der Waals surface area contributed by atoms with Crippen molar-refractivity contribution in [2.24, 2.45) is 0 Å². The summed E-state index contributed by atoms with van der Waals surface area (Å²) in [5.74, 6) is 0.0379. The van der Waals surface area contributed by atoms with Crippen LogP contribution in [-0.4, -0.2) is 35.9 Å². The van der Waals surface area contributed by atoms with Gasteiger partial charge in [-0.1, -0.05) is 0 Å². The van der Waals surface area contributed by atoms with E-state index in [1.54, 1.807) is 26.0 Å². The Morgan fingerprint density at radius 3 is 2.59 bits per heavy atom. The summed E-state index contributed by atoms with van der Waals surface area (Å²) in [6.07, 6.45) is 0. The molecule has 0 saturated carbocycles. The van der Waals surface area contributed by atoms with E-state index in [4.69, 9.17) is 4.74 Å². The summed E-state index contributed by atoms with van der Waals surface area (Å²) in [7, 11) is 0. The van der Waals surface area contributed by atoms with Crippen molar-refractivity contribution in [3.63, 3.8) is 0 Å². The fourth-order valence-electron chi connectivity index (χ4n) is 2.72. The predicted octanol–water partition coefficient (Wildman–Crippen LogP) is 1.83. The number of benzene rings is 1. The number of nitrogens with zero attached hydrogens (tertiary/aromatic N) is 3. The van der Waals surface area contributed by atoms with Crippen molar-refractivity contribution >= 4 is 5.69 Å². The van der Waals surface area contributed by atoms with E-state index in [0.29, 0.717) is 24.7 Å². The zero-order valence-electron chi connectivity index (χ0n) is 12.7. The molecule has 0 unspecified atom stereocenters. The van der Waals surface area contributed by atoms with Gasteiger partial charge in [-0.05, 0) is 32.0 Å². The molecule has 6 heteroatoms. The molecule has 0 radical (unpaired) electrons. The lowest BCUT2D eigenvalue weighted by atomic mass is 10.2. The first-order valence-corrected chi connectivity index (χ1v) is 7.26. The molecule has 0 aliphatic carbocycles. The third-order valence-corrected chi connectivity index (χ3v) is 3.76. The van der Waals surface area contributed by atoms with Gasteiger partial charge >= 0.3 is 0 Å². The number of hydrogen-bond acceptors (Lipinski definition) is 4. The summed E-state index contributed by atoms with van der Waals surface area (Å²) in [5, 5.41) is 0. The summed E-state index contributed by atoms with van der Waals surface area (Å²) in [6, 6.07) is 6.23. The molecule has 0 spiro atoms. The summed E-state index contributed by atoms with van der Waals surface area (Å²) < 4.78 is 20.9. The van der Waals surface area contributed by atoms with Crippen LogP contribution in [0, 0.1) is 19.7 Å². The van der Waals surface area contributed by atoms with E-state index < -0.39 is 5.82 Å². The number of aryl methyl sites for hydroxylation is 2. The average Bonchev–Trinajstić information content (AvgIpc) is 2.49. The molecular formula is C16H18FN3O2. The molecule has 0 N–H and O–H groups in total. The topological polar surface area (TPSA) is 47.4 Å². The van der Waals surface area contributed by atoms with Crippen LogP contribution in [0.25, 0.3) is 5.69 Å². The minimum Gasteiger partial charge on any atom is -0.378 e. The molecule has 0 amide bonds. The normalized spacial score (nSPS) is 15.1. The summed E-state index contributed by atoms with van der Waals surface area (Å²) >= 11 is 0. The smallest absolute Gasteiger partial charge is 0.258 e. The molecule has 22 heavy (non-hydrogen) atoms. The van der Waals surface area contributed by atoms with Gasteiger partial charge in [0, 0.05) is 30.5 Å². The first kappa shape index (κ1) is 14.7. The maximum absolute atomic E-state index is 14.3. The lowest BCUT2D eigenvalue weighted by molar-refractivity contribution is 0.122. The molecule has 3 rings (SSSR count). The van der Waals surface area contributed by atoms with Gasteiger partial charge in [-0.15, -0.1) is 0 Å². The predicted molar refractivity (Wildman–Crippen MR) is 82.3 cm³/mol. The molecule has 1 saturated heterocycles. The Bertz CT molecular complexity index is 752. The number of ether oxygens (including phenoxy) is 1. The van der Waals surface area contributed by atoms with Gasteiger partial charge in [-0.3, -0.25) is 9.36 Å². The van der Waals surface area contributed by atoms with E-state index >= 15 is 0 Å². The van der Waals surface area contributed by atoms with E-state index in [1.807, 2.05) is 0 Å². The lowest BCUT2D eigenvalue weighted by Crippen LogP contribution is -2.36. The largest absolute Gasteiger partial charge is 0.378 e. The summed E-state index contributed by atoms with van der Waals surface area (Å²) in [5.41, 5.74) is 1.47. The van der Waals surface area contributed by atoms with Crippen LogP contribution in [0.15, 0.2) is 29.1 Å². The molecule has 1 aromatic heterocycles. The molecule has 2 aromatic rings. The molecule has 116 valence electrons. The Labute approximate surface area is 128 Å². The van der Waals surface area contributed by atoms with Gasteiger partial charge in [0.05, 0.1) is 18.9 Å². The van der Waals surface area contributed by atoms with Crippen molar-refractivity contribution in [1.82, 2.24) is 9.55 Å².